The third-order valence-electron chi connectivity index (χ3n) is 3.92. The second-order valence-electron chi connectivity index (χ2n) is 5.33. The van der Waals surface area contributed by atoms with E-state index in [1.165, 1.54) is 45.2 Å². The summed E-state index contributed by atoms with van der Waals surface area (Å²) in [5.41, 5.74) is 5.85. The molecule has 2 fully saturated rings. The van der Waals surface area contributed by atoms with Gasteiger partial charge in [-0.15, -0.1) is 0 Å². The van der Waals surface area contributed by atoms with Gasteiger partial charge in [-0.2, -0.15) is 0 Å². The minimum atomic E-state index is 0.343. The lowest BCUT2D eigenvalue weighted by atomic mass is 9.75. The number of hydrogen-bond acceptors (Lipinski definition) is 2. The number of rotatable bonds is 2. The van der Waals surface area contributed by atoms with Crippen molar-refractivity contribution in [3.8, 4) is 0 Å². The summed E-state index contributed by atoms with van der Waals surface area (Å²) in [6, 6.07) is 0.343. The van der Waals surface area contributed by atoms with E-state index in [9.17, 15) is 0 Å². The van der Waals surface area contributed by atoms with Gasteiger partial charge in [0.05, 0.1) is 0 Å². The molecule has 2 nitrogen and oxygen atoms in total. The summed E-state index contributed by atoms with van der Waals surface area (Å²) in [7, 11) is 0. The zero-order valence-electron chi connectivity index (χ0n) is 9.41. The number of nitrogens with two attached hydrogens (primary N) is 1. The smallest absolute Gasteiger partial charge is 0.0139 e. The van der Waals surface area contributed by atoms with E-state index in [0.29, 0.717) is 6.04 Å². The Morgan fingerprint density at radius 1 is 1.21 bits per heavy atom. The van der Waals surface area contributed by atoms with Crippen LogP contribution in [0.5, 0.6) is 0 Å². The van der Waals surface area contributed by atoms with Gasteiger partial charge >= 0.3 is 0 Å². The largest absolute Gasteiger partial charge is 0.327 e. The predicted octanol–water partition coefficient (Wildman–Crippen LogP) is 1.85. The molecule has 1 saturated heterocycles. The highest BCUT2D eigenvalue weighted by molar-refractivity contribution is 4.84. The van der Waals surface area contributed by atoms with Crippen LogP contribution in [-0.2, 0) is 0 Å². The number of fused-ring (bicyclic) bond motifs is 1. The number of hydrogen-bond donors (Lipinski definition) is 1. The Morgan fingerprint density at radius 3 is 2.64 bits per heavy atom. The summed E-state index contributed by atoms with van der Waals surface area (Å²) < 4.78 is 0. The fourth-order valence-corrected chi connectivity index (χ4v) is 3.25. The van der Waals surface area contributed by atoms with Crippen LogP contribution < -0.4 is 5.73 Å². The average Bonchev–Trinajstić information content (AvgIpc) is 2.17. The second kappa shape index (κ2) is 4.63. The minimum absolute atomic E-state index is 0.343. The van der Waals surface area contributed by atoms with Crippen LogP contribution in [0, 0.1) is 11.8 Å². The molecule has 3 atom stereocenters. The van der Waals surface area contributed by atoms with Crippen LogP contribution in [-0.4, -0.2) is 30.6 Å². The molecule has 2 heteroatoms. The van der Waals surface area contributed by atoms with Gasteiger partial charge in [-0.25, -0.2) is 0 Å². The summed E-state index contributed by atoms with van der Waals surface area (Å²) in [4.78, 5) is 2.58. The van der Waals surface area contributed by atoms with E-state index in [1.807, 2.05) is 0 Å². The van der Waals surface area contributed by atoms with Crippen molar-refractivity contribution in [2.24, 2.45) is 17.6 Å². The summed E-state index contributed by atoms with van der Waals surface area (Å²) in [6.07, 6.45) is 7.34. The van der Waals surface area contributed by atoms with Crippen molar-refractivity contribution < 1.29 is 0 Å². The van der Waals surface area contributed by atoms with Crippen LogP contribution >= 0.6 is 0 Å². The zero-order valence-corrected chi connectivity index (χ0v) is 9.41. The summed E-state index contributed by atoms with van der Waals surface area (Å²) >= 11 is 0. The first-order valence-electron chi connectivity index (χ1n) is 6.23. The Labute approximate surface area is 87.8 Å². The van der Waals surface area contributed by atoms with Gasteiger partial charge in [0.1, 0.15) is 0 Å². The van der Waals surface area contributed by atoms with Gasteiger partial charge in [0.15, 0.2) is 0 Å². The van der Waals surface area contributed by atoms with E-state index in [0.717, 1.165) is 18.4 Å². The maximum Gasteiger partial charge on any atom is 0.0139 e. The monoisotopic (exact) mass is 196 g/mol. The van der Waals surface area contributed by atoms with E-state index in [1.54, 1.807) is 0 Å². The molecule has 1 aliphatic carbocycles. The molecule has 2 aliphatic rings. The van der Waals surface area contributed by atoms with Gasteiger partial charge < -0.3 is 10.6 Å². The molecular weight excluding hydrogens is 172 g/mol. The van der Waals surface area contributed by atoms with Crippen molar-refractivity contribution >= 4 is 0 Å². The van der Waals surface area contributed by atoms with Crippen molar-refractivity contribution in [3.05, 3.63) is 0 Å². The molecule has 0 aromatic carbocycles. The molecule has 0 radical (unpaired) electrons. The van der Waals surface area contributed by atoms with Gasteiger partial charge in [0.2, 0.25) is 0 Å². The standard InChI is InChI=1S/C12H24N2/c1-10(13)8-14-7-6-11-4-2-3-5-12(11)9-14/h10-12H,2-9,13H2,1H3/t10-,11?,12?/m1/s1. The Kier molecular flexibility index (Phi) is 3.45. The number of piperidine rings is 1. The molecule has 14 heavy (non-hydrogen) atoms. The highest BCUT2D eigenvalue weighted by Gasteiger charge is 2.30. The molecule has 1 heterocycles. The summed E-state index contributed by atoms with van der Waals surface area (Å²) in [5.74, 6) is 2.05. The molecule has 2 N–H and O–H groups in total. The molecule has 0 spiro atoms. The molecule has 2 rings (SSSR count). The molecule has 1 aliphatic heterocycles. The normalized spacial score (nSPS) is 36.4. The van der Waals surface area contributed by atoms with Gasteiger partial charge in [0.25, 0.3) is 0 Å². The lowest BCUT2D eigenvalue weighted by Crippen LogP contribution is -2.45. The first kappa shape index (κ1) is 10.4. The molecule has 82 valence electrons. The van der Waals surface area contributed by atoms with E-state index in [2.05, 4.69) is 11.8 Å². The number of likely N-dealkylation sites (tertiary alicyclic amines) is 1. The number of nitrogens with zero attached hydrogens (tertiary/aromatic N) is 1. The minimum Gasteiger partial charge on any atom is -0.327 e. The van der Waals surface area contributed by atoms with E-state index in [-0.39, 0.29) is 0 Å². The Bertz CT molecular complexity index is 179. The van der Waals surface area contributed by atoms with Crippen molar-refractivity contribution in [1.82, 2.24) is 4.90 Å². The maximum atomic E-state index is 5.85. The lowest BCUT2D eigenvalue weighted by Gasteiger charge is -2.41. The van der Waals surface area contributed by atoms with Crippen molar-refractivity contribution in [1.29, 1.82) is 0 Å². The summed E-state index contributed by atoms with van der Waals surface area (Å²) in [5, 5.41) is 0. The fraction of sp³-hybridized carbons (Fsp3) is 1.00. The summed E-state index contributed by atoms with van der Waals surface area (Å²) in [6.45, 7) is 5.84. The molecule has 0 aromatic heterocycles. The fourth-order valence-electron chi connectivity index (χ4n) is 3.25. The Morgan fingerprint density at radius 2 is 1.93 bits per heavy atom. The second-order valence-corrected chi connectivity index (χ2v) is 5.33. The van der Waals surface area contributed by atoms with Crippen LogP contribution in [0.4, 0.5) is 0 Å². The van der Waals surface area contributed by atoms with Gasteiger partial charge in [0, 0.05) is 19.1 Å². The molecule has 0 bridgehead atoms. The van der Waals surface area contributed by atoms with Crippen molar-refractivity contribution in [3.63, 3.8) is 0 Å². The van der Waals surface area contributed by atoms with Gasteiger partial charge in [-0.1, -0.05) is 19.3 Å². The molecule has 1 saturated carbocycles. The molecule has 2 unspecified atom stereocenters. The van der Waals surface area contributed by atoms with Crippen LogP contribution in [0.2, 0.25) is 0 Å². The van der Waals surface area contributed by atoms with Crippen LogP contribution in [0.15, 0.2) is 0 Å². The highest BCUT2D eigenvalue weighted by Crippen LogP contribution is 2.35. The van der Waals surface area contributed by atoms with E-state index >= 15 is 0 Å². The third kappa shape index (κ3) is 2.48. The SMILES string of the molecule is C[C@@H](N)CN1CCC2CCCCC2C1. The average molecular weight is 196 g/mol. The first-order chi connectivity index (χ1) is 6.75. The van der Waals surface area contributed by atoms with E-state index < -0.39 is 0 Å². The predicted molar refractivity (Wildman–Crippen MR) is 60.2 cm³/mol. The lowest BCUT2D eigenvalue weighted by molar-refractivity contribution is 0.0840. The van der Waals surface area contributed by atoms with Crippen molar-refractivity contribution in [2.45, 2.75) is 45.1 Å². The van der Waals surface area contributed by atoms with Gasteiger partial charge in [-0.3, -0.25) is 0 Å². The van der Waals surface area contributed by atoms with Gasteiger partial charge in [-0.05, 0) is 38.1 Å². The quantitative estimate of drug-likeness (QED) is 0.730. The molecule has 0 aromatic rings. The zero-order chi connectivity index (χ0) is 9.97. The highest BCUT2D eigenvalue weighted by atomic mass is 15.1. The molecular formula is C12H24N2. The van der Waals surface area contributed by atoms with Crippen molar-refractivity contribution in [2.75, 3.05) is 19.6 Å². The van der Waals surface area contributed by atoms with Crippen LogP contribution in [0.3, 0.4) is 0 Å². The Balaban J connectivity index is 1.83. The first-order valence-corrected chi connectivity index (χ1v) is 6.23. The molecule has 0 amide bonds. The van der Waals surface area contributed by atoms with E-state index in [4.69, 9.17) is 5.73 Å². The Hall–Kier alpha value is -0.0800. The van der Waals surface area contributed by atoms with Crippen LogP contribution in [0.1, 0.15) is 39.0 Å². The topological polar surface area (TPSA) is 29.3 Å². The van der Waals surface area contributed by atoms with Crippen LogP contribution in [0.25, 0.3) is 0 Å². The maximum absolute atomic E-state index is 5.85. The third-order valence-corrected chi connectivity index (χ3v) is 3.92.